The molecule has 0 spiro atoms. The van der Waals surface area contributed by atoms with Crippen LogP contribution in [0.2, 0.25) is 5.02 Å². The van der Waals surface area contributed by atoms with Crippen LogP contribution in [-0.4, -0.2) is 26.3 Å². The van der Waals surface area contributed by atoms with Crippen LogP contribution in [0.3, 0.4) is 0 Å². The summed E-state index contributed by atoms with van der Waals surface area (Å²) < 4.78 is 5.73. The molecule has 0 saturated heterocycles. The quantitative estimate of drug-likeness (QED) is 0.641. The predicted octanol–water partition coefficient (Wildman–Crippen LogP) is 4.74. The van der Waals surface area contributed by atoms with Crippen molar-refractivity contribution >= 4 is 28.1 Å². The number of anilines is 1. The van der Waals surface area contributed by atoms with E-state index in [1.807, 2.05) is 18.2 Å². The average Bonchev–Trinajstić information content (AvgIpc) is 3.42. The highest BCUT2D eigenvalue weighted by atomic mass is 35.5. The monoisotopic (exact) mass is 402 g/mol. The number of benzene rings is 1. The highest BCUT2D eigenvalue weighted by Crippen LogP contribution is 2.46. The van der Waals surface area contributed by atoms with Gasteiger partial charge in [-0.15, -0.1) is 10.2 Å². The summed E-state index contributed by atoms with van der Waals surface area (Å²) in [6, 6.07) is 7.82. The van der Waals surface area contributed by atoms with Crippen LogP contribution >= 0.6 is 22.9 Å². The summed E-state index contributed by atoms with van der Waals surface area (Å²) in [6.07, 6.45) is 5.56. The van der Waals surface area contributed by atoms with Crippen molar-refractivity contribution in [1.82, 2.24) is 15.2 Å². The first-order valence-corrected chi connectivity index (χ1v) is 10.4. The zero-order valence-corrected chi connectivity index (χ0v) is 16.1. The molecule has 1 aromatic carbocycles. The van der Waals surface area contributed by atoms with Crippen LogP contribution in [0.1, 0.15) is 36.5 Å². The number of thiazole rings is 1. The number of aromatic hydroxyl groups is 1. The standard InChI is InChI=1S/C19H19ClN4O2S/c20-13-4-2-1-3-12(13)18-24-23-16(26-18)9-15-17(25)22-19(27-15)21-14-8-10-5-6-11(14)7-10/h1-4,10-11,14,25H,5-9H2,(H,21,22). The fourth-order valence-corrected chi connectivity index (χ4v) is 5.43. The summed E-state index contributed by atoms with van der Waals surface area (Å²) >= 11 is 7.63. The van der Waals surface area contributed by atoms with Crippen molar-refractivity contribution < 1.29 is 9.52 Å². The molecule has 2 aliphatic carbocycles. The molecule has 8 heteroatoms. The summed E-state index contributed by atoms with van der Waals surface area (Å²) in [7, 11) is 0. The molecule has 3 unspecified atom stereocenters. The Morgan fingerprint density at radius 2 is 2.11 bits per heavy atom. The second kappa shape index (κ2) is 6.80. The average molecular weight is 403 g/mol. The van der Waals surface area contributed by atoms with Gasteiger partial charge in [-0.3, -0.25) is 0 Å². The van der Waals surface area contributed by atoms with Crippen LogP contribution in [0.15, 0.2) is 28.7 Å². The lowest BCUT2D eigenvalue weighted by Gasteiger charge is -2.22. The molecule has 2 saturated carbocycles. The van der Waals surface area contributed by atoms with E-state index in [0.29, 0.717) is 34.8 Å². The third kappa shape index (κ3) is 3.30. The van der Waals surface area contributed by atoms with Gasteiger partial charge in [-0.1, -0.05) is 41.5 Å². The first-order chi connectivity index (χ1) is 13.2. The van der Waals surface area contributed by atoms with Crippen LogP contribution in [0, 0.1) is 11.8 Å². The summed E-state index contributed by atoms with van der Waals surface area (Å²) in [5.74, 6) is 2.44. The van der Waals surface area contributed by atoms with Crippen molar-refractivity contribution in [2.75, 3.05) is 5.32 Å². The van der Waals surface area contributed by atoms with E-state index in [1.165, 1.54) is 37.0 Å². The molecule has 27 heavy (non-hydrogen) atoms. The number of nitrogens with one attached hydrogen (secondary N) is 1. The molecule has 2 aliphatic rings. The Kier molecular flexibility index (Phi) is 4.28. The largest absolute Gasteiger partial charge is 0.492 e. The van der Waals surface area contributed by atoms with Gasteiger partial charge in [0.1, 0.15) is 0 Å². The van der Waals surface area contributed by atoms with E-state index >= 15 is 0 Å². The minimum absolute atomic E-state index is 0.0307. The molecule has 0 aliphatic heterocycles. The lowest BCUT2D eigenvalue weighted by Crippen LogP contribution is -2.25. The summed E-state index contributed by atoms with van der Waals surface area (Å²) in [5, 5.41) is 23.2. The number of hydrogen-bond donors (Lipinski definition) is 2. The van der Waals surface area contributed by atoms with Crippen molar-refractivity contribution in [1.29, 1.82) is 0 Å². The second-order valence-corrected chi connectivity index (χ2v) is 8.84. The highest BCUT2D eigenvalue weighted by Gasteiger charge is 2.39. The van der Waals surface area contributed by atoms with Gasteiger partial charge in [-0.05, 0) is 43.2 Å². The lowest BCUT2D eigenvalue weighted by atomic mass is 9.96. The molecule has 0 amide bonds. The molecule has 3 atom stereocenters. The molecule has 3 aromatic rings. The van der Waals surface area contributed by atoms with E-state index in [-0.39, 0.29) is 5.88 Å². The lowest BCUT2D eigenvalue weighted by molar-refractivity contribution is 0.436. The van der Waals surface area contributed by atoms with Gasteiger partial charge in [-0.2, -0.15) is 4.98 Å². The third-order valence-corrected chi connectivity index (χ3v) is 6.91. The summed E-state index contributed by atoms with van der Waals surface area (Å²) in [5.41, 5.74) is 0.699. The molecule has 6 nitrogen and oxygen atoms in total. The number of hydrogen-bond acceptors (Lipinski definition) is 7. The van der Waals surface area contributed by atoms with Gasteiger partial charge in [0.25, 0.3) is 0 Å². The van der Waals surface area contributed by atoms with Gasteiger partial charge < -0.3 is 14.8 Å². The van der Waals surface area contributed by atoms with E-state index in [9.17, 15) is 5.11 Å². The molecule has 2 aromatic heterocycles. The van der Waals surface area contributed by atoms with Gasteiger partial charge in [0.2, 0.25) is 17.7 Å². The molecule has 2 bridgehead atoms. The fourth-order valence-electron chi connectivity index (χ4n) is 4.31. The zero-order valence-electron chi connectivity index (χ0n) is 14.6. The Bertz CT molecular complexity index is 972. The maximum atomic E-state index is 10.2. The van der Waals surface area contributed by atoms with Crippen LogP contribution in [0.25, 0.3) is 11.5 Å². The summed E-state index contributed by atoms with van der Waals surface area (Å²) in [4.78, 5) is 5.00. The molecule has 2 fully saturated rings. The van der Waals surface area contributed by atoms with E-state index in [1.54, 1.807) is 6.07 Å². The van der Waals surface area contributed by atoms with Crippen molar-refractivity contribution in [3.63, 3.8) is 0 Å². The highest BCUT2D eigenvalue weighted by molar-refractivity contribution is 7.15. The van der Waals surface area contributed by atoms with Crippen molar-refractivity contribution in [3.8, 4) is 17.3 Å². The zero-order chi connectivity index (χ0) is 18.4. The van der Waals surface area contributed by atoms with Crippen LogP contribution in [-0.2, 0) is 6.42 Å². The van der Waals surface area contributed by atoms with E-state index in [2.05, 4.69) is 20.5 Å². The maximum Gasteiger partial charge on any atom is 0.249 e. The van der Waals surface area contributed by atoms with Gasteiger partial charge in [0.15, 0.2) is 5.13 Å². The smallest absolute Gasteiger partial charge is 0.249 e. The number of aromatic nitrogens is 3. The molecular weight excluding hydrogens is 384 g/mol. The second-order valence-electron chi connectivity index (χ2n) is 7.35. The molecule has 140 valence electrons. The topological polar surface area (TPSA) is 84.1 Å². The van der Waals surface area contributed by atoms with Crippen LogP contribution in [0.4, 0.5) is 5.13 Å². The molecule has 0 radical (unpaired) electrons. The first kappa shape index (κ1) is 17.0. The molecule has 2 heterocycles. The van der Waals surface area contributed by atoms with Crippen molar-refractivity contribution in [2.24, 2.45) is 11.8 Å². The van der Waals surface area contributed by atoms with E-state index in [0.717, 1.165) is 21.8 Å². The van der Waals surface area contributed by atoms with Crippen molar-refractivity contribution in [2.45, 2.75) is 38.1 Å². The minimum Gasteiger partial charge on any atom is -0.492 e. The number of fused-ring (bicyclic) bond motifs is 2. The third-order valence-electron chi connectivity index (χ3n) is 5.61. The molecular formula is C19H19ClN4O2S. The van der Waals surface area contributed by atoms with Crippen LogP contribution in [0.5, 0.6) is 5.88 Å². The number of halogens is 1. The van der Waals surface area contributed by atoms with E-state index < -0.39 is 0 Å². The van der Waals surface area contributed by atoms with Gasteiger partial charge in [0, 0.05) is 6.04 Å². The number of nitrogens with zero attached hydrogens (tertiary/aromatic N) is 3. The maximum absolute atomic E-state index is 10.2. The van der Waals surface area contributed by atoms with Crippen molar-refractivity contribution in [3.05, 3.63) is 40.1 Å². The van der Waals surface area contributed by atoms with E-state index in [4.69, 9.17) is 16.0 Å². The Labute approximate surface area is 165 Å². The van der Waals surface area contributed by atoms with Gasteiger partial charge in [0.05, 0.1) is 21.9 Å². The van der Waals surface area contributed by atoms with Crippen LogP contribution < -0.4 is 5.32 Å². The molecule has 5 rings (SSSR count). The first-order valence-electron chi connectivity index (χ1n) is 9.18. The molecule has 2 N–H and O–H groups in total. The Hall–Kier alpha value is -2.12. The Morgan fingerprint density at radius 1 is 1.22 bits per heavy atom. The SMILES string of the molecule is Oc1nc(NC2CC3CCC2C3)sc1Cc1nnc(-c2ccccc2Cl)o1. The number of rotatable bonds is 5. The Balaban J connectivity index is 1.30. The normalized spacial score (nSPS) is 23.8. The predicted molar refractivity (Wildman–Crippen MR) is 104 cm³/mol. The minimum atomic E-state index is 0.0307. The van der Waals surface area contributed by atoms with Gasteiger partial charge >= 0.3 is 0 Å². The Morgan fingerprint density at radius 3 is 2.89 bits per heavy atom. The van der Waals surface area contributed by atoms with Gasteiger partial charge in [-0.25, -0.2) is 0 Å². The fraction of sp³-hybridized carbons (Fsp3) is 0.421. The summed E-state index contributed by atoms with van der Waals surface area (Å²) in [6.45, 7) is 0.